The van der Waals surface area contributed by atoms with Crippen LogP contribution in [0.4, 0.5) is 0 Å². The van der Waals surface area contributed by atoms with Gasteiger partial charge in [-0.25, -0.2) is 9.48 Å². The zero-order valence-corrected chi connectivity index (χ0v) is 17.5. The summed E-state index contributed by atoms with van der Waals surface area (Å²) in [4.78, 5) is 38.0. The highest BCUT2D eigenvalue weighted by Crippen LogP contribution is 2.17. The van der Waals surface area contributed by atoms with Gasteiger partial charge >= 0.3 is 11.9 Å². The molecule has 29 heavy (non-hydrogen) atoms. The second-order valence-electron chi connectivity index (χ2n) is 6.59. The van der Waals surface area contributed by atoms with Crippen molar-refractivity contribution in [2.45, 2.75) is 27.7 Å². The molecule has 0 fully saturated rings. The van der Waals surface area contributed by atoms with Crippen molar-refractivity contribution >= 4 is 17.8 Å². The minimum Gasteiger partial charge on any atom is -0.469 e. The first-order chi connectivity index (χ1) is 13.8. The number of benzene rings is 1. The standard InChI is InChI=1S/C21H27N3O5/c1-6-23(13-14(3)20(26)28-5)19(25)16-8-10-17(11-9-16)24-15(4)18(12-22-24)21(27)29-7-2/h8-12,14H,6-7,13H2,1-5H3/t14-/m0/s1. The molecule has 1 amide bonds. The van der Waals surface area contributed by atoms with E-state index in [1.54, 1.807) is 54.6 Å². The fourth-order valence-corrected chi connectivity index (χ4v) is 2.97. The minimum atomic E-state index is -0.415. The summed E-state index contributed by atoms with van der Waals surface area (Å²) in [7, 11) is 1.33. The van der Waals surface area contributed by atoms with Crippen LogP contribution in [0.15, 0.2) is 30.5 Å². The molecule has 8 heteroatoms. The van der Waals surface area contributed by atoms with Gasteiger partial charge in [-0.15, -0.1) is 0 Å². The summed E-state index contributed by atoms with van der Waals surface area (Å²) in [6, 6.07) is 6.93. The van der Waals surface area contributed by atoms with Crippen molar-refractivity contribution in [1.29, 1.82) is 0 Å². The van der Waals surface area contributed by atoms with Gasteiger partial charge in [-0.3, -0.25) is 9.59 Å². The van der Waals surface area contributed by atoms with Gasteiger partial charge in [-0.05, 0) is 45.0 Å². The first kappa shape index (κ1) is 22.1. The average Bonchev–Trinajstić information content (AvgIpc) is 3.12. The lowest BCUT2D eigenvalue weighted by atomic mass is 10.1. The van der Waals surface area contributed by atoms with Gasteiger partial charge in [0.05, 0.1) is 37.2 Å². The normalized spacial score (nSPS) is 11.6. The molecular formula is C21H27N3O5. The zero-order chi connectivity index (χ0) is 21.6. The van der Waals surface area contributed by atoms with E-state index >= 15 is 0 Å². The van der Waals surface area contributed by atoms with Crippen molar-refractivity contribution in [2.24, 2.45) is 5.92 Å². The van der Waals surface area contributed by atoms with Gasteiger partial charge in [-0.2, -0.15) is 5.10 Å². The van der Waals surface area contributed by atoms with Crippen LogP contribution in [-0.4, -0.2) is 59.3 Å². The Morgan fingerprint density at radius 1 is 1.17 bits per heavy atom. The summed E-state index contributed by atoms with van der Waals surface area (Å²) in [5.74, 6) is -1.34. The summed E-state index contributed by atoms with van der Waals surface area (Å²) in [5, 5.41) is 4.25. The fourth-order valence-electron chi connectivity index (χ4n) is 2.97. The molecule has 0 aliphatic carbocycles. The Morgan fingerprint density at radius 2 is 1.83 bits per heavy atom. The van der Waals surface area contributed by atoms with Crippen molar-refractivity contribution in [3.63, 3.8) is 0 Å². The summed E-state index contributed by atoms with van der Waals surface area (Å²) in [6.45, 7) is 8.17. The smallest absolute Gasteiger partial charge is 0.341 e. The molecule has 1 aromatic heterocycles. The number of hydrogen-bond donors (Lipinski definition) is 0. The number of amides is 1. The predicted octanol–water partition coefficient (Wildman–Crippen LogP) is 2.63. The van der Waals surface area contributed by atoms with E-state index in [9.17, 15) is 14.4 Å². The molecule has 0 radical (unpaired) electrons. The van der Waals surface area contributed by atoms with E-state index < -0.39 is 11.9 Å². The molecule has 0 aliphatic heterocycles. The highest BCUT2D eigenvalue weighted by atomic mass is 16.5. The van der Waals surface area contributed by atoms with E-state index in [-0.39, 0.29) is 18.4 Å². The second kappa shape index (κ2) is 9.86. The number of hydrogen-bond acceptors (Lipinski definition) is 6. The maximum absolute atomic E-state index is 12.8. The molecule has 8 nitrogen and oxygen atoms in total. The Hall–Kier alpha value is -3.16. The molecule has 0 aliphatic rings. The van der Waals surface area contributed by atoms with Gasteiger partial charge in [0.1, 0.15) is 5.56 Å². The van der Waals surface area contributed by atoms with Crippen LogP contribution in [0.25, 0.3) is 5.69 Å². The first-order valence-corrected chi connectivity index (χ1v) is 9.53. The number of carbonyl (C=O) groups is 3. The van der Waals surface area contributed by atoms with Gasteiger partial charge < -0.3 is 14.4 Å². The minimum absolute atomic E-state index is 0.167. The third kappa shape index (κ3) is 5.01. The van der Waals surface area contributed by atoms with Crippen LogP contribution in [0.1, 0.15) is 47.2 Å². The van der Waals surface area contributed by atoms with Crippen molar-refractivity contribution < 1.29 is 23.9 Å². The van der Waals surface area contributed by atoms with E-state index in [1.165, 1.54) is 13.3 Å². The van der Waals surface area contributed by atoms with Crippen LogP contribution < -0.4 is 0 Å². The number of ether oxygens (including phenoxy) is 2. The van der Waals surface area contributed by atoms with Crippen molar-refractivity contribution in [3.05, 3.63) is 47.3 Å². The van der Waals surface area contributed by atoms with E-state index in [0.717, 1.165) is 5.69 Å². The molecule has 2 aromatic rings. The fraction of sp³-hybridized carbons (Fsp3) is 0.429. The Morgan fingerprint density at radius 3 is 2.38 bits per heavy atom. The Kier molecular flexibility index (Phi) is 7.52. The maximum Gasteiger partial charge on any atom is 0.341 e. The van der Waals surface area contributed by atoms with Crippen molar-refractivity contribution in [3.8, 4) is 5.69 Å². The lowest BCUT2D eigenvalue weighted by Crippen LogP contribution is -2.37. The molecule has 1 heterocycles. The highest BCUT2D eigenvalue weighted by molar-refractivity contribution is 5.94. The Labute approximate surface area is 170 Å². The highest BCUT2D eigenvalue weighted by Gasteiger charge is 2.22. The molecule has 1 aromatic carbocycles. The van der Waals surface area contributed by atoms with Crippen LogP contribution in [0.2, 0.25) is 0 Å². The Balaban J connectivity index is 2.18. The average molecular weight is 401 g/mol. The molecule has 0 saturated carbocycles. The number of rotatable bonds is 8. The SMILES string of the molecule is CCOC(=O)c1cnn(-c2ccc(C(=O)N(CC)C[C@H](C)C(=O)OC)cc2)c1C. The zero-order valence-electron chi connectivity index (χ0n) is 17.5. The summed E-state index contributed by atoms with van der Waals surface area (Å²) >= 11 is 0. The van der Waals surface area contributed by atoms with E-state index in [0.29, 0.717) is 30.0 Å². The molecule has 0 bridgehead atoms. The lowest BCUT2D eigenvalue weighted by molar-refractivity contribution is -0.145. The third-order valence-electron chi connectivity index (χ3n) is 4.63. The van der Waals surface area contributed by atoms with Gasteiger partial charge in [0.2, 0.25) is 0 Å². The molecule has 0 N–H and O–H groups in total. The van der Waals surface area contributed by atoms with E-state index in [4.69, 9.17) is 9.47 Å². The monoisotopic (exact) mass is 401 g/mol. The quantitative estimate of drug-likeness (QED) is 0.632. The number of methoxy groups -OCH3 is 1. The molecule has 0 saturated heterocycles. The third-order valence-corrected chi connectivity index (χ3v) is 4.63. The molecule has 2 rings (SSSR count). The maximum atomic E-state index is 12.8. The van der Waals surface area contributed by atoms with Gasteiger partial charge in [-0.1, -0.05) is 6.92 Å². The molecule has 1 atom stereocenters. The topological polar surface area (TPSA) is 90.7 Å². The summed E-state index contributed by atoms with van der Waals surface area (Å²) in [5.41, 5.74) is 2.29. The van der Waals surface area contributed by atoms with Crippen LogP contribution in [0.3, 0.4) is 0 Å². The molecule has 0 unspecified atom stereocenters. The second-order valence-corrected chi connectivity index (χ2v) is 6.59. The number of carbonyl (C=O) groups excluding carboxylic acids is 3. The lowest BCUT2D eigenvalue weighted by Gasteiger charge is -2.23. The summed E-state index contributed by atoms with van der Waals surface area (Å²) < 4.78 is 11.4. The van der Waals surface area contributed by atoms with Crippen molar-refractivity contribution in [1.82, 2.24) is 14.7 Å². The molecular weight excluding hydrogens is 374 g/mol. The Bertz CT molecular complexity index is 873. The van der Waals surface area contributed by atoms with Crippen LogP contribution >= 0.6 is 0 Å². The molecule has 0 spiro atoms. The predicted molar refractivity (Wildman–Crippen MR) is 107 cm³/mol. The van der Waals surface area contributed by atoms with Gasteiger partial charge in [0, 0.05) is 18.7 Å². The van der Waals surface area contributed by atoms with Crippen LogP contribution in [-0.2, 0) is 14.3 Å². The van der Waals surface area contributed by atoms with Gasteiger partial charge in [0.15, 0.2) is 0 Å². The first-order valence-electron chi connectivity index (χ1n) is 9.53. The number of aromatic nitrogens is 2. The number of esters is 2. The molecule has 156 valence electrons. The largest absolute Gasteiger partial charge is 0.469 e. The van der Waals surface area contributed by atoms with Crippen LogP contribution in [0, 0.1) is 12.8 Å². The summed E-state index contributed by atoms with van der Waals surface area (Å²) in [6.07, 6.45) is 1.47. The van der Waals surface area contributed by atoms with Gasteiger partial charge in [0.25, 0.3) is 5.91 Å². The van der Waals surface area contributed by atoms with Crippen LogP contribution in [0.5, 0.6) is 0 Å². The number of nitrogens with zero attached hydrogens (tertiary/aromatic N) is 3. The van der Waals surface area contributed by atoms with E-state index in [2.05, 4.69) is 5.10 Å². The van der Waals surface area contributed by atoms with Crippen molar-refractivity contribution in [2.75, 3.05) is 26.8 Å². The van der Waals surface area contributed by atoms with E-state index in [1.807, 2.05) is 6.92 Å².